The first-order valence-electron chi connectivity index (χ1n) is 7.30. The average Bonchev–Trinajstić information content (AvgIpc) is 2.48. The topological polar surface area (TPSA) is 20.3 Å². The molecule has 1 saturated carbocycles. The van der Waals surface area contributed by atoms with Gasteiger partial charge in [0.15, 0.2) is 0 Å². The molecular weight excluding hydrogens is 293 g/mol. The van der Waals surface area contributed by atoms with E-state index in [1.54, 1.807) is 0 Å². The number of amides is 1. The van der Waals surface area contributed by atoms with Gasteiger partial charge in [-0.2, -0.15) is 0 Å². The van der Waals surface area contributed by atoms with Gasteiger partial charge in [-0.05, 0) is 30.5 Å². The Labute approximate surface area is 131 Å². The Morgan fingerprint density at radius 2 is 1.80 bits per heavy atom. The summed E-state index contributed by atoms with van der Waals surface area (Å²) in [5.74, 6) is 0.683. The molecule has 1 aliphatic carbocycles. The number of halogens is 2. The highest BCUT2D eigenvalue weighted by molar-refractivity contribution is 6.30. The van der Waals surface area contributed by atoms with E-state index in [0.29, 0.717) is 29.9 Å². The van der Waals surface area contributed by atoms with Crippen LogP contribution in [0.5, 0.6) is 0 Å². The molecule has 1 aromatic rings. The molecule has 2 rings (SSSR count). The van der Waals surface area contributed by atoms with Crippen molar-refractivity contribution in [1.29, 1.82) is 0 Å². The summed E-state index contributed by atoms with van der Waals surface area (Å²) < 4.78 is 0. The molecule has 1 amide bonds. The third-order valence-electron chi connectivity index (χ3n) is 3.93. The molecule has 0 radical (unpaired) electrons. The van der Waals surface area contributed by atoms with E-state index in [2.05, 4.69) is 0 Å². The first kappa shape index (κ1) is 15.7. The number of carbonyl (C=O) groups excluding carboxylic acids is 1. The summed E-state index contributed by atoms with van der Waals surface area (Å²) in [7, 11) is 0. The van der Waals surface area contributed by atoms with E-state index in [4.69, 9.17) is 23.2 Å². The molecule has 1 aromatic carbocycles. The van der Waals surface area contributed by atoms with Crippen LogP contribution >= 0.6 is 23.2 Å². The van der Waals surface area contributed by atoms with Crippen LogP contribution in [0.3, 0.4) is 0 Å². The fraction of sp³-hybridized carbons (Fsp3) is 0.562. The maximum atomic E-state index is 12.5. The second-order valence-electron chi connectivity index (χ2n) is 5.37. The predicted molar refractivity (Wildman–Crippen MR) is 84.5 cm³/mol. The summed E-state index contributed by atoms with van der Waals surface area (Å²) in [5.41, 5.74) is 1.01. The van der Waals surface area contributed by atoms with Gasteiger partial charge in [0.1, 0.15) is 0 Å². The number of rotatable bonds is 5. The van der Waals surface area contributed by atoms with Crippen molar-refractivity contribution < 1.29 is 4.79 Å². The van der Waals surface area contributed by atoms with Gasteiger partial charge in [-0.15, -0.1) is 11.6 Å². The zero-order valence-corrected chi connectivity index (χ0v) is 13.2. The molecule has 0 N–H and O–H groups in total. The molecule has 2 nitrogen and oxygen atoms in total. The van der Waals surface area contributed by atoms with Gasteiger partial charge in [-0.1, -0.05) is 43.0 Å². The number of alkyl halides is 1. The van der Waals surface area contributed by atoms with Crippen molar-refractivity contribution in [3.63, 3.8) is 0 Å². The Morgan fingerprint density at radius 3 is 2.40 bits per heavy atom. The molecule has 0 spiro atoms. The van der Waals surface area contributed by atoms with Crippen molar-refractivity contribution in [2.24, 2.45) is 0 Å². The van der Waals surface area contributed by atoms with Crippen LogP contribution in [-0.2, 0) is 11.2 Å². The number of hydrogen-bond acceptors (Lipinski definition) is 1. The molecule has 4 heteroatoms. The highest BCUT2D eigenvalue weighted by Gasteiger charge is 2.24. The van der Waals surface area contributed by atoms with Gasteiger partial charge in [-0.25, -0.2) is 0 Å². The summed E-state index contributed by atoms with van der Waals surface area (Å²) in [5, 5.41) is 0.700. The highest BCUT2D eigenvalue weighted by Crippen LogP contribution is 2.23. The SMILES string of the molecule is O=C(Cc1ccc(Cl)cc1)N(CCCl)C1CCCCC1. The second kappa shape index (κ2) is 7.90. The van der Waals surface area contributed by atoms with Gasteiger partial charge in [0.2, 0.25) is 5.91 Å². The monoisotopic (exact) mass is 313 g/mol. The Hall–Kier alpha value is -0.730. The van der Waals surface area contributed by atoms with Crippen molar-refractivity contribution in [2.45, 2.75) is 44.6 Å². The average molecular weight is 314 g/mol. The summed E-state index contributed by atoms with van der Waals surface area (Å²) in [6, 6.07) is 7.87. The zero-order valence-electron chi connectivity index (χ0n) is 11.7. The number of hydrogen-bond donors (Lipinski definition) is 0. The van der Waals surface area contributed by atoms with Gasteiger partial charge in [-0.3, -0.25) is 4.79 Å². The number of nitrogens with zero attached hydrogens (tertiary/aromatic N) is 1. The predicted octanol–water partition coefficient (Wildman–Crippen LogP) is 4.28. The Balaban J connectivity index is 2.00. The quantitative estimate of drug-likeness (QED) is 0.743. The van der Waals surface area contributed by atoms with E-state index >= 15 is 0 Å². The van der Waals surface area contributed by atoms with Gasteiger partial charge in [0.25, 0.3) is 0 Å². The number of carbonyl (C=O) groups is 1. The van der Waals surface area contributed by atoms with Crippen LogP contribution in [0, 0.1) is 0 Å². The third kappa shape index (κ3) is 4.39. The molecule has 0 unspecified atom stereocenters. The minimum absolute atomic E-state index is 0.180. The van der Waals surface area contributed by atoms with Crippen LogP contribution in [0.15, 0.2) is 24.3 Å². The Morgan fingerprint density at radius 1 is 1.15 bits per heavy atom. The normalized spacial score (nSPS) is 16.1. The fourth-order valence-corrected chi connectivity index (χ4v) is 3.18. The molecular formula is C16H21Cl2NO. The zero-order chi connectivity index (χ0) is 14.4. The third-order valence-corrected chi connectivity index (χ3v) is 4.35. The first-order valence-corrected chi connectivity index (χ1v) is 8.22. The van der Waals surface area contributed by atoms with Crippen LogP contribution in [0.25, 0.3) is 0 Å². The van der Waals surface area contributed by atoms with Crippen molar-refractivity contribution >= 4 is 29.1 Å². The van der Waals surface area contributed by atoms with Crippen LogP contribution in [0.2, 0.25) is 5.02 Å². The van der Waals surface area contributed by atoms with E-state index in [1.807, 2.05) is 29.2 Å². The van der Waals surface area contributed by atoms with Crippen LogP contribution in [-0.4, -0.2) is 29.3 Å². The molecule has 110 valence electrons. The van der Waals surface area contributed by atoms with E-state index < -0.39 is 0 Å². The molecule has 0 atom stereocenters. The van der Waals surface area contributed by atoms with Crippen LogP contribution in [0.4, 0.5) is 0 Å². The fourth-order valence-electron chi connectivity index (χ4n) is 2.87. The Bertz CT molecular complexity index is 427. The molecule has 0 aromatic heterocycles. The first-order chi connectivity index (χ1) is 9.70. The van der Waals surface area contributed by atoms with E-state index in [-0.39, 0.29) is 5.91 Å². The molecule has 0 bridgehead atoms. The van der Waals surface area contributed by atoms with E-state index in [1.165, 1.54) is 19.3 Å². The smallest absolute Gasteiger partial charge is 0.227 e. The molecule has 1 aliphatic rings. The van der Waals surface area contributed by atoms with Gasteiger partial charge >= 0.3 is 0 Å². The standard InChI is InChI=1S/C16H21Cl2NO/c17-10-11-19(15-4-2-1-3-5-15)16(20)12-13-6-8-14(18)9-7-13/h6-9,15H,1-5,10-12H2. The van der Waals surface area contributed by atoms with Gasteiger partial charge in [0.05, 0.1) is 6.42 Å². The van der Waals surface area contributed by atoms with Crippen molar-refractivity contribution in [1.82, 2.24) is 4.90 Å². The largest absolute Gasteiger partial charge is 0.338 e. The summed E-state index contributed by atoms with van der Waals surface area (Å²) in [4.78, 5) is 14.5. The lowest BCUT2D eigenvalue weighted by molar-refractivity contribution is -0.133. The van der Waals surface area contributed by atoms with E-state index in [0.717, 1.165) is 18.4 Å². The minimum atomic E-state index is 0.180. The van der Waals surface area contributed by atoms with E-state index in [9.17, 15) is 4.79 Å². The highest BCUT2D eigenvalue weighted by atomic mass is 35.5. The summed E-state index contributed by atoms with van der Waals surface area (Å²) in [6.07, 6.45) is 6.39. The van der Waals surface area contributed by atoms with Crippen LogP contribution in [0.1, 0.15) is 37.7 Å². The maximum absolute atomic E-state index is 12.5. The van der Waals surface area contributed by atoms with Crippen molar-refractivity contribution in [2.75, 3.05) is 12.4 Å². The summed E-state index contributed by atoms with van der Waals surface area (Å²) in [6.45, 7) is 0.651. The molecule has 0 aliphatic heterocycles. The molecule has 20 heavy (non-hydrogen) atoms. The lowest BCUT2D eigenvalue weighted by Crippen LogP contribution is -2.43. The number of benzene rings is 1. The molecule has 0 heterocycles. The minimum Gasteiger partial charge on any atom is -0.338 e. The maximum Gasteiger partial charge on any atom is 0.227 e. The van der Waals surface area contributed by atoms with Crippen molar-refractivity contribution in [3.8, 4) is 0 Å². The summed E-state index contributed by atoms with van der Waals surface area (Å²) >= 11 is 11.7. The van der Waals surface area contributed by atoms with Crippen LogP contribution < -0.4 is 0 Å². The lowest BCUT2D eigenvalue weighted by atomic mass is 9.93. The van der Waals surface area contributed by atoms with Gasteiger partial charge < -0.3 is 4.90 Å². The van der Waals surface area contributed by atoms with Crippen molar-refractivity contribution in [3.05, 3.63) is 34.9 Å². The molecule has 1 fully saturated rings. The second-order valence-corrected chi connectivity index (χ2v) is 6.19. The Kier molecular flexibility index (Phi) is 6.18. The van der Waals surface area contributed by atoms with Gasteiger partial charge in [0, 0.05) is 23.5 Å². The lowest BCUT2D eigenvalue weighted by Gasteiger charge is -2.34. The molecule has 0 saturated heterocycles.